The van der Waals surface area contributed by atoms with Crippen LogP contribution in [0.1, 0.15) is 24.2 Å². The Morgan fingerprint density at radius 1 is 0.958 bits per heavy atom. The van der Waals surface area contributed by atoms with Crippen molar-refractivity contribution in [3.63, 3.8) is 0 Å². The van der Waals surface area contributed by atoms with Gasteiger partial charge in [-0.25, -0.2) is 0 Å². The van der Waals surface area contributed by atoms with E-state index in [2.05, 4.69) is 34.7 Å². The van der Waals surface area contributed by atoms with Gasteiger partial charge in [-0.15, -0.1) is 0 Å². The largest absolute Gasteiger partial charge is 0.379 e. The molecule has 3 rings (SSSR count). The minimum atomic E-state index is -0.0317. The van der Waals surface area contributed by atoms with Crippen LogP contribution in [-0.4, -0.2) is 10.9 Å². The van der Waals surface area contributed by atoms with Gasteiger partial charge in [0.1, 0.15) is 0 Å². The highest BCUT2D eigenvalue weighted by molar-refractivity contribution is 5.92. The van der Waals surface area contributed by atoms with Gasteiger partial charge in [0, 0.05) is 29.3 Å². The molecule has 0 spiro atoms. The van der Waals surface area contributed by atoms with Gasteiger partial charge in [-0.3, -0.25) is 4.79 Å². The molecule has 4 nitrogen and oxygen atoms in total. The predicted octanol–water partition coefficient (Wildman–Crippen LogP) is 4.37. The van der Waals surface area contributed by atoms with Gasteiger partial charge >= 0.3 is 0 Å². The molecule has 0 radical (unpaired) electrons. The molecule has 4 heteroatoms. The first-order valence-corrected chi connectivity index (χ1v) is 8.04. The number of hydrogen-bond acceptors (Lipinski definition) is 2. The first-order valence-electron chi connectivity index (χ1n) is 8.04. The molecule has 0 fully saturated rings. The zero-order chi connectivity index (χ0) is 16.8. The van der Waals surface area contributed by atoms with Crippen LogP contribution in [0.2, 0.25) is 0 Å². The highest BCUT2D eigenvalue weighted by atomic mass is 16.1. The molecule has 0 saturated heterocycles. The Kier molecular flexibility index (Phi) is 4.96. The van der Waals surface area contributed by atoms with Crippen LogP contribution in [0.5, 0.6) is 0 Å². The summed E-state index contributed by atoms with van der Waals surface area (Å²) in [7, 11) is 0. The lowest BCUT2D eigenvalue weighted by Crippen LogP contribution is -2.14. The van der Waals surface area contributed by atoms with E-state index >= 15 is 0 Å². The van der Waals surface area contributed by atoms with Gasteiger partial charge in [0.15, 0.2) is 0 Å². The normalized spacial score (nSPS) is 11.7. The Morgan fingerprint density at radius 2 is 1.67 bits per heavy atom. The van der Waals surface area contributed by atoms with Gasteiger partial charge < -0.3 is 15.6 Å². The maximum Gasteiger partial charge on any atom is 0.230 e. The minimum absolute atomic E-state index is 0.0317. The molecule has 0 unspecified atom stereocenters. The van der Waals surface area contributed by atoms with Gasteiger partial charge in [0.2, 0.25) is 5.91 Å². The maximum atomic E-state index is 12.0. The minimum Gasteiger partial charge on any atom is -0.379 e. The van der Waals surface area contributed by atoms with Crippen molar-refractivity contribution in [1.82, 2.24) is 4.98 Å². The molecule has 1 aromatic heterocycles. The summed E-state index contributed by atoms with van der Waals surface area (Å²) < 4.78 is 0. The molecule has 0 aliphatic heterocycles. The van der Waals surface area contributed by atoms with Crippen LogP contribution in [0.25, 0.3) is 0 Å². The third kappa shape index (κ3) is 4.26. The lowest BCUT2D eigenvalue weighted by atomic mass is 10.1. The highest BCUT2D eigenvalue weighted by Gasteiger charge is 2.06. The number of H-pyrrole nitrogens is 1. The van der Waals surface area contributed by atoms with Crippen molar-refractivity contribution in [2.24, 2.45) is 0 Å². The van der Waals surface area contributed by atoms with Gasteiger partial charge in [0.25, 0.3) is 0 Å². The molecule has 1 atom stereocenters. The summed E-state index contributed by atoms with van der Waals surface area (Å²) in [4.78, 5) is 15.0. The van der Waals surface area contributed by atoms with Crippen LogP contribution < -0.4 is 10.6 Å². The van der Waals surface area contributed by atoms with E-state index in [-0.39, 0.29) is 11.9 Å². The Morgan fingerprint density at radius 3 is 2.33 bits per heavy atom. The molecule has 0 aliphatic carbocycles. The van der Waals surface area contributed by atoms with Crippen molar-refractivity contribution in [3.8, 4) is 0 Å². The van der Waals surface area contributed by atoms with Crippen LogP contribution in [-0.2, 0) is 11.2 Å². The van der Waals surface area contributed by atoms with Gasteiger partial charge in [0.05, 0.1) is 6.42 Å². The molecule has 3 N–H and O–H groups in total. The summed E-state index contributed by atoms with van der Waals surface area (Å²) >= 11 is 0. The quantitative estimate of drug-likeness (QED) is 0.632. The van der Waals surface area contributed by atoms with E-state index in [1.165, 1.54) is 5.56 Å². The molecule has 0 saturated carbocycles. The Bertz CT molecular complexity index is 764. The second-order valence-electron chi connectivity index (χ2n) is 5.77. The zero-order valence-corrected chi connectivity index (χ0v) is 13.6. The number of amides is 1. The standard InChI is InChI=1S/C20H21N3O/c1-15(16-6-3-2-4-7-16)22-17-9-11-18(12-10-17)23-20(24)14-19-8-5-13-21-19/h2-13,15,21-22H,14H2,1H3,(H,23,24)/t15-/m0/s1. The number of benzene rings is 2. The van der Waals surface area contributed by atoms with Crippen LogP contribution in [0, 0.1) is 0 Å². The number of carbonyl (C=O) groups is 1. The van der Waals surface area contributed by atoms with E-state index in [1.807, 2.05) is 60.8 Å². The first kappa shape index (κ1) is 15.9. The monoisotopic (exact) mass is 319 g/mol. The smallest absolute Gasteiger partial charge is 0.230 e. The molecule has 0 aliphatic rings. The molecule has 0 bridgehead atoms. The van der Waals surface area contributed by atoms with E-state index in [0.29, 0.717) is 6.42 Å². The lowest BCUT2D eigenvalue weighted by Gasteiger charge is -2.16. The highest BCUT2D eigenvalue weighted by Crippen LogP contribution is 2.20. The molecular weight excluding hydrogens is 298 g/mol. The van der Waals surface area contributed by atoms with Gasteiger partial charge in [-0.05, 0) is 48.9 Å². The Balaban J connectivity index is 1.56. The summed E-state index contributed by atoms with van der Waals surface area (Å²) in [5.74, 6) is -0.0317. The third-order valence-electron chi connectivity index (χ3n) is 3.86. The number of aromatic nitrogens is 1. The summed E-state index contributed by atoms with van der Waals surface area (Å²) in [6.45, 7) is 2.13. The summed E-state index contributed by atoms with van der Waals surface area (Å²) in [5, 5.41) is 6.36. The van der Waals surface area contributed by atoms with Crippen LogP contribution >= 0.6 is 0 Å². The van der Waals surface area contributed by atoms with Crippen molar-refractivity contribution >= 4 is 17.3 Å². The first-order chi connectivity index (χ1) is 11.7. The van der Waals surface area contributed by atoms with E-state index in [9.17, 15) is 4.79 Å². The molecule has 1 heterocycles. The van der Waals surface area contributed by atoms with Gasteiger partial charge in [-0.2, -0.15) is 0 Å². The zero-order valence-electron chi connectivity index (χ0n) is 13.6. The van der Waals surface area contributed by atoms with Gasteiger partial charge in [-0.1, -0.05) is 30.3 Å². The lowest BCUT2D eigenvalue weighted by molar-refractivity contribution is -0.115. The van der Waals surface area contributed by atoms with Crippen molar-refractivity contribution in [2.75, 3.05) is 10.6 Å². The van der Waals surface area contributed by atoms with Crippen LogP contribution in [0.3, 0.4) is 0 Å². The average molecular weight is 319 g/mol. The predicted molar refractivity (Wildman–Crippen MR) is 98.0 cm³/mol. The van der Waals surface area contributed by atoms with Crippen molar-refractivity contribution < 1.29 is 4.79 Å². The fourth-order valence-electron chi connectivity index (χ4n) is 2.58. The summed E-state index contributed by atoms with van der Waals surface area (Å²) in [6.07, 6.45) is 2.16. The fraction of sp³-hybridized carbons (Fsp3) is 0.150. The van der Waals surface area contributed by atoms with Crippen molar-refractivity contribution in [1.29, 1.82) is 0 Å². The molecule has 122 valence electrons. The maximum absolute atomic E-state index is 12.0. The van der Waals surface area contributed by atoms with E-state index in [4.69, 9.17) is 0 Å². The molecule has 2 aromatic carbocycles. The number of anilines is 2. The second-order valence-corrected chi connectivity index (χ2v) is 5.77. The van der Waals surface area contributed by atoms with E-state index < -0.39 is 0 Å². The molecular formula is C20H21N3O. The Hall–Kier alpha value is -3.01. The number of aromatic amines is 1. The third-order valence-corrected chi connectivity index (χ3v) is 3.86. The molecule has 1 amide bonds. The van der Waals surface area contributed by atoms with Crippen molar-refractivity contribution in [3.05, 3.63) is 84.2 Å². The Labute approximate surface area is 141 Å². The van der Waals surface area contributed by atoms with Crippen LogP contribution in [0.4, 0.5) is 11.4 Å². The number of hydrogen-bond donors (Lipinski definition) is 3. The second kappa shape index (κ2) is 7.51. The topological polar surface area (TPSA) is 56.9 Å². The number of nitrogens with one attached hydrogen (secondary N) is 3. The van der Waals surface area contributed by atoms with E-state index in [0.717, 1.165) is 17.1 Å². The molecule has 3 aromatic rings. The van der Waals surface area contributed by atoms with Crippen molar-refractivity contribution in [2.45, 2.75) is 19.4 Å². The average Bonchev–Trinajstić information content (AvgIpc) is 3.10. The SMILES string of the molecule is C[C@H](Nc1ccc(NC(=O)Cc2ccc[nH]2)cc1)c1ccccc1. The van der Waals surface area contributed by atoms with E-state index in [1.54, 1.807) is 0 Å². The summed E-state index contributed by atoms with van der Waals surface area (Å²) in [5.41, 5.74) is 3.96. The fourth-order valence-corrected chi connectivity index (χ4v) is 2.58. The van der Waals surface area contributed by atoms with Crippen LogP contribution in [0.15, 0.2) is 72.9 Å². The number of carbonyl (C=O) groups excluding carboxylic acids is 1. The number of rotatable bonds is 6. The summed E-state index contributed by atoms with van der Waals surface area (Å²) in [6, 6.07) is 22.1. The molecule has 24 heavy (non-hydrogen) atoms.